The highest BCUT2D eigenvalue weighted by molar-refractivity contribution is 5.95. The molecular formula is C80H118N12O15. The Bertz CT molecular complexity index is 3630. The molecule has 3 unspecified atom stereocenters. The van der Waals surface area contributed by atoms with Crippen molar-refractivity contribution >= 4 is 59.4 Å². The van der Waals surface area contributed by atoms with Crippen molar-refractivity contribution in [2.75, 3.05) is 55.1 Å². The lowest BCUT2D eigenvalue weighted by Gasteiger charge is -2.44. The summed E-state index contributed by atoms with van der Waals surface area (Å²) in [6.45, 7) is 20.7. The molecule has 10 amide bonds. The smallest absolute Gasteiger partial charge is 0.410 e. The third kappa shape index (κ3) is 22.1. The van der Waals surface area contributed by atoms with E-state index >= 15 is 0 Å². The Morgan fingerprint density at radius 1 is 0.738 bits per heavy atom. The zero-order valence-electron chi connectivity index (χ0n) is 65.5. The molecule has 15 atom stereocenters. The van der Waals surface area contributed by atoms with Gasteiger partial charge in [-0.25, -0.2) is 19.1 Å². The largest absolute Gasteiger partial charge is 0.449 e. The number of ether oxygens (including phenoxy) is 4. The fourth-order valence-corrected chi connectivity index (χ4v) is 15.7. The minimum atomic E-state index is -1.08. The molecule has 7 rings (SSSR count). The molecule has 9 N–H and O–H groups in total. The first-order valence-electron chi connectivity index (χ1n) is 37.9. The maximum Gasteiger partial charge on any atom is 0.410 e. The number of amides is 10. The molecule has 4 aromatic rings. The molecule has 27 nitrogen and oxygen atoms in total. The number of hydrogen-bond acceptors (Lipinski definition) is 16. The second-order valence-corrected chi connectivity index (χ2v) is 30.7. The number of benzene rings is 3. The Balaban J connectivity index is 0.909. The number of Topliss-reactive ketones (excluding diaryl/α,β-unsaturated/α-hetero) is 1. The summed E-state index contributed by atoms with van der Waals surface area (Å²) in [7, 11) is 7.72. The highest BCUT2D eigenvalue weighted by atomic mass is 16.6. The quantitative estimate of drug-likeness (QED) is 0.0200. The van der Waals surface area contributed by atoms with Gasteiger partial charge in [0.15, 0.2) is 5.78 Å². The van der Waals surface area contributed by atoms with Crippen LogP contribution in [0.5, 0.6) is 0 Å². The molecule has 1 aromatic heterocycles. The second-order valence-electron chi connectivity index (χ2n) is 30.7. The van der Waals surface area contributed by atoms with E-state index in [9.17, 15) is 53.1 Å². The van der Waals surface area contributed by atoms with Crippen LogP contribution >= 0.6 is 0 Å². The van der Waals surface area contributed by atoms with E-state index < -0.39 is 120 Å². The summed E-state index contributed by atoms with van der Waals surface area (Å²) in [6.07, 6.45) is 3.50. The van der Waals surface area contributed by atoms with E-state index in [2.05, 4.69) is 31.9 Å². The van der Waals surface area contributed by atoms with E-state index in [4.69, 9.17) is 29.8 Å². The van der Waals surface area contributed by atoms with Crippen molar-refractivity contribution in [3.05, 3.63) is 119 Å². The van der Waals surface area contributed by atoms with Crippen molar-refractivity contribution in [3.8, 4) is 5.69 Å². The first-order valence-corrected chi connectivity index (χ1v) is 37.9. The van der Waals surface area contributed by atoms with E-state index in [0.717, 1.165) is 37.1 Å². The number of carbonyl (C=O) groups excluding carboxylic acids is 10. The predicted molar refractivity (Wildman–Crippen MR) is 404 cm³/mol. The molecule has 3 aromatic carbocycles. The maximum absolute atomic E-state index is 14.9. The lowest BCUT2D eigenvalue weighted by Crippen LogP contribution is -2.61. The summed E-state index contributed by atoms with van der Waals surface area (Å²) in [5.41, 5.74) is 9.87. The molecule has 588 valence electrons. The molecule has 1 aliphatic heterocycles. The SMILES string of the molecule is CC[C@H](C)[C@@H]([C@@H](CC(=O)N1CCC[C@@]1(C)[C@H](OC)[C@@H](C)C(=O)N[C@H](C)[C@@H](O)c1ccccc1)OC)N(C)C(=O)[C@@H](NC(=O)[C@H](C(C)C)N(C)C(=O)OCc1ccc(CC(=O)[C@H](CCCNC(N)=O)NC(=O)[C@@H](NC(=O)OCC2C3CCc4cn(-c5ccc(C(=O)NC)cc5)nc4CCC32)C(C)C)cc1)C(C)C. The number of likely N-dealkylation sites (tertiary alicyclic amines) is 1. The molecule has 107 heavy (non-hydrogen) atoms. The summed E-state index contributed by atoms with van der Waals surface area (Å²) in [5, 5.41) is 32.6. The number of rotatable bonds is 37. The number of hydrogen-bond donors (Lipinski definition) is 8. The predicted octanol–water partition coefficient (Wildman–Crippen LogP) is 7.75. The molecule has 0 bridgehead atoms. The van der Waals surface area contributed by atoms with Crippen LogP contribution in [-0.4, -0.2) is 198 Å². The first kappa shape index (κ1) is 85.3. The summed E-state index contributed by atoms with van der Waals surface area (Å²) in [6, 6.07) is 17.0. The number of likely N-dealkylation sites (N-methyl/N-ethyl adjacent to an activating group) is 2. The number of alkyl carbamates (subject to hydrolysis) is 1. The number of methoxy groups -OCH3 is 2. The van der Waals surface area contributed by atoms with Crippen LogP contribution in [0.4, 0.5) is 14.4 Å². The number of ketones is 1. The minimum absolute atomic E-state index is 0.103. The maximum atomic E-state index is 14.9. The first-order chi connectivity index (χ1) is 50.8. The highest BCUT2D eigenvalue weighted by Gasteiger charge is 2.52. The number of nitrogens with zero attached hydrogens (tertiary/aromatic N) is 5. The van der Waals surface area contributed by atoms with Crippen LogP contribution in [0.1, 0.15) is 172 Å². The monoisotopic (exact) mass is 1490 g/mol. The van der Waals surface area contributed by atoms with Crippen LogP contribution in [0.2, 0.25) is 0 Å². The van der Waals surface area contributed by atoms with Crippen molar-refractivity contribution in [2.45, 2.75) is 213 Å². The van der Waals surface area contributed by atoms with Crippen LogP contribution in [0.25, 0.3) is 5.69 Å². The summed E-state index contributed by atoms with van der Waals surface area (Å²) in [5.74, 6) is -3.92. The Hall–Kier alpha value is -8.95. The Labute approximate surface area is 631 Å². The van der Waals surface area contributed by atoms with Crippen molar-refractivity contribution < 1.29 is 72.0 Å². The number of nitrogens with one attached hydrogen (secondary N) is 6. The van der Waals surface area contributed by atoms with E-state index in [-0.39, 0.29) is 74.4 Å². The number of fused-ring (bicyclic) bond motifs is 2. The van der Waals surface area contributed by atoms with Crippen LogP contribution in [0.15, 0.2) is 85.1 Å². The molecule has 3 aliphatic rings. The molecule has 2 aliphatic carbocycles. The lowest BCUT2D eigenvalue weighted by molar-refractivity contribution is -0.152. The van der Waals surface area contributed by atoms with Gasteiger partial charge < -0.3 is 71.5 Å². The molecule has 1 saturated carbocycles. The number of aliphatic hydroxyl groups excluding tert-OH is 1. The number of carbonyl (C=O) groups is 10. The van der Waals surface area contributed by atoms with E-state index in [1.54, 1.807) is 114 Å². The van der Waals surface area contributed by atoms with Gasteiger partial charge in [0, 0.05) is 66.6 Å². The van der Waals surface area contributed by atoms with E-state index in [1.165, 1.54) is 31.7 Å². The van der Waals surface area contributed by atoms with Crippen molar-refractivity contribution in [2.24, 2.45) is 53.1 Å². The lowest BCUT2D eigenvalue weighted by atomic mass is 9.82. The minimum Gasteiger partial charge on any atom is -0.449 e. The second kappa shape index (κ2) is 39.2. The number of primary amides is 1. The van der Waals surface area contributed by atoms with Crippen LogP contribution in [0.3, 0.4) is 0 Å². The van der Waals surface area contributed by atoms with Crippen LogP contribution < -0.4 is 37.6 Å². The van der Waals surface area contributed by atoms with Crippen LogP contribution in [0, 0.1) is 47.3 Å². The van der Waals surface area contributed by atoms with E-state index in [0.29, 0.717) is 66.3 Å². The van der Waals surface area contributed by atoms with Gasteiger partial charge in [0.25, 0.3) is 5.91 Å². The number of aromatic nitrogens is 2. The van der Waals surface area contributed by atoms with Gasteiger partial charge in [-0.05, 0) is 153 Å². The topological polar surface area (TPSA) is 354 Å². The number of urea groups is 1. The molecule has 2 heterocycles. The van der Waals surface area contributed by atoms with Crippen LogP contribution in [-0.2, 0) is 73.6 Å². The van der Waals surface area contributed by atoms with Gasteiger partial charge in [0.05, 0.1) is 72.3 Å². The fourth-order valence-electron chi connectivity index (χ4n) is 15.7. The van der Waals surface area contributed by atoms with Gasteiger partial charge >= 0.3 is 18.2 Å². The number of aryl methyl sites for hydroxylation is 2. The van der Waals surface area contributed by atoms with Crippen molar-refractivity contribution in [1.82, 2.24) is 56.4 Å². The molecule has 0 radical (unpaired) electrons. The average molecular weight is 1490 g/mol. The third-order valence-electron chi connectivity index (χ3n) is 22.2. The molecule has 27 heteroatoms. The summed E-state index contributed by atoms with van der Waals surface area (Å²) < 4.78 is 25.6. The van der Waals surface area contributed by atoms with Gasteiger partial charge in [-0.1, -0.05) is 123 Å². The zero-order valence-corrected chi connectivity index (χ0v) is 65.5. The van der Waals surface area contributed by atoms with Crippen molar-refractivity contribution in [1.29, 1.82) is 0 Å². The Morgan fingerprint density at radius 2 is 1.38 bits per heavy atom. The summed E-state index contributed by atoms with van der Waals surface area (Å²) in [4.78, 5) is 142. The molecular weight excluding hydrogens is 1370 g/mol. The van der Waals surface area contributed by atoms with Gasteiger partial charge in [-0.15, -0.1) is 0 Å². The highest BCUT2D eigenvalue weighted by Crippen LogP contribution is 2.53. The van der Waals surface area contributed by atoms with Gasteiger partial charge in [0.1, 0.15) is 24.7 Å². The number of aliphatic hydroxyl groups is 1. The fraction of sp³-hybridized carbons (Fsp3) is 0.613. The molecule has 0 spiro atoms. The Morgan fingerprint density at radius 3 is 1.98 bits per heavy atom. The van der Waals surface area contributed by atoms with Gasteiger partial charge in [-0.2, -0.15) is 5.10 Å². The normalized spacial score (nSPS) is 19.9. The van der Waals surface area contributed by atoms with Crippen molar-refractivity contribution in [3.63, 3.8) is 0 Å². The number of nitrogens with two attached hydrogens (primary N) is 1. The van der Waals surface area contributed by atoms with Gasteiger partial charge in [-0.3, -0.25) is 38.5 Å². The molecule has 1 saturated heterocycles. The Kier molecular flexibility index (Phi) is 31.3. The van der Waals surface area contributed by atoms with E-state index in [1.807, 2.05) is 75.8 Å². The van der Waals surface area contributed by atoms with Gasteiger partial charge in [0.2, 0.25) is 29.5 Å². The standard InChI is InChI=1S/C80H118N12O15/c1-17-49(8)69(64(104-15)42-65(94)91-40-22-38-80(91,11)71(105-16)50(9)72(96)84-51(10)70(95)54-23-19-18-20-24-54)89(13)76(100)67(47(4)5)86-75(99)68(48(6)7)90(14)79(103)107-44-53-28-26-52(27-29-53)41-63(93)62(25-21-39-83-77(81)101)85-74(98)66(46(2)3)87-78(102)106-45-60-58-35-32-56-43-92(88-61(56)37-36-59(58)60)57-33-30-55(31-34-57)73(97)82-12/h18-20,23-24,26-31,33-34,43,46-51,58-60,62,64,66-71,95H,17,21-22,25,32,35-42,44-45H2,1-16H3,(H,82,97)(H,84,96)(H,85,98)(H,86,99)(H,87,102)(H3,81,83,101)/t49-,50+,51+,58?,59?,60?,62-,64+,66-,67-,68-,69-,70+,71+,80-/m0/s1. The zero-order chi connectivity index (χ0) is 78.7. The summed E-state index contributed by atoms with van der Waals surface area (Å²) >= 11 is 0. The average Bonchev–Trinajstić information content (AvgIpc) is 1.66. The molecule has 2 fully saturated rings. The third-order valence-corrected chi connectivity index (χ3v) is 22.2.